The van der Waals surface area contributed by atoms with Crippen molar-refractivity contribution in [2.24, 2.45) is 5.92 Å². The summed E-state index contributed by atoms with van der Waals surface area (Å²) in [6.45, 7) is 2.30. The van der Waals surface area contributed by atoms with Crippen molar-refractivity contribution in [3.05, 3.63) is 35.6 Å². The van der Waals surface area contributed by atoms with Crippen LogP contribution in [0, 0.1) is 11.7 Å². The van der Waals surface area contributed by atoms with E-state index < -0.39 is 0 Å². The number of piperidine rings is 1. The highest BCUT2D eigenvalue weighted by Gasteiger charge is 2.36. The fraction of sp³-hybridized carbons (Fsp3) is 0.529. The maximum atomic E-state index is 13.1. The standard InChI is InChI=1S/C17H21FN2O2/c1-19-9-8-15(12-2-4-14(18)5-3-12)13(10-19)11-20-16(21)6-7-17(20)22/h2-5,13,15H,6-11H2,1H3/t13-,15-/m1/s1. The number of benzene rings is 1. The minimum Gasteiger partial charge on any atom is -0.306 e. The predicted octanol–water partition coefficient (Wildman–Crippen LogP) is 2.01. The minimum atomic E-state index is -0.238. The number of likely N-dealkylation sites (tertiary alicyclic amines) is 2. The molecule has 1 aromatic rings. The van der Waals surface area contributed by atoms with E-state index >= 15 is 0 Å². The number of hydrogen-bond donors (Lipinski definition) is 0. The van der Waals surface area contributed by atoms with E-state index in [-0.39, 0.29) is 29.5 Å². The van der Waals surface area contributed by atoms with Gasteiger partial charge in [-0.3, -0.25) is 14.5 Å². The van der Waals surface area contributed by atoms with Crippen molar-refractivity contribution in [1.82, 2.24) is 9.80 Å². The van der Waals surface area contributed by atoms with Crippen LogP contribution in [0.3, 0.4) is 0 Å². The van der Waals surface area contributed by atoms with E-state index in [4.69, 9.17) is 0 Å². The van der Waals surface area contributed by atoms with Crippen LogP contribution in [-0.4, -0.2) is 48.3 Å². The molecule has 0 aromatic heterocycles. The number of hydrogen-bond acceptors (Lipinski definition) is 3. The van der Waals surface area contributed by atoms with E-state index in [1.807, 2.05) is 12.1 Å². The third-order valence-electron chi connectivity index (χ3n) is 4.81. The Morgan fingerprint density at radius 1 is 1.14 bits per heavy atom. The van der Waals surface area contributed by atoms with Crippen molar-refractivity contribution in [2.75, 3.05) is 26.7 Å². The number of amides is 2. The molecule has 2 saturated heterocycles. The Kier molecular flexibility index (Phi) is 4.25. The van der Waals surface area contributed by atoms with Gasteiger partial charge in [-0.2, -0.15) is 0 Å². The highest BCUT2D eigenvalue weighted by atomic mass is 19.1. The van der Waals surface area contributed by atoms with Crippen molar-refractivity contribution in [1.29, 1.82) is 0 Å². The molecular weight excluding hydrogens is 283 g/mol. The molecule has 2 heterocycles. The van der Waals surface area contributed by atoms with Crippen molar-refractivity contribution in [3.8, 4) is 0 Å². The Hall–Kier alpha value is -1.75. The van der Waals surface area contributed by atoms with Crippen LogP contribution in [0.2, 0.25) is 0 Å². The van der Waals surface area contributed by atoms with Gasteiger partial charge < -0.3 is 4.90 Å². The minimum absolute atomic E-state index is 0.0592. The van der Waals surface area contributed by atoms with E-state index in [2.05, 4.69) is 11.9 Å². The molecule has 4 nitrogen and oxygen atoms in total. The topological polar surface area (TPSA) is 40.6 Å². The van der Waals surface area contributed by atoms with Crippen LogP contribution in [0.4, 0.5) is 4.39 Å². The average Bonchev–Trinajstić information content (AvgIpc) is 2.81. The first-order chi connectivity index (χ1) is 10.5. The molecule has 2 aliphatic heterocycles. The summed E-state index contributed by atoms with van der Waals surface area (Å²) in [5, 5.41) is 0. The molecule has 22 heavy (non-hydrogen) atoms. The van der Waals surface area contributed by atoms with Gasteiger partial charge in [0.1, 0.15) is 5.82 Å². The molecule has 2 fully saturated rings. The van der Waals surface area contributed by atoms with Gasteiger partial charge in [0.2, 0.25) is 11.8 Å². The summed E-state index contributed by atoms with van der Waals surface area (Å²) < 4.78 is 13.1. The molecule has 118 valence electrons. The van der Waals surface area contributed by atoms with Gasteiger partial charge >= 0.3 is 0 Å². The monoisotopic (exact) mass is 304 g/mol. The van der Waals surface area contributed by atoms with Gasteiger partial charge in [-0.15, -0.1) is 0 Å². The zero-order valence-electron chi connectivity index (χ0n) is 12.8. The maximum absolute atomic E-state index is 13.1. The Balaban J connectivity index is 1.79. The van der Waals surface area contributed by atoms with Crippen LogP contribution in [0.15, 0.2) is 24.3 Å². The second kappa shape index (κ2) is 6.16. The van der Waals surface area contributed by atoms with Crippen LogP contribution in [0.1, 0.15) is 30.7 Å². The highest BCUT2D eigenvalue weighted by molar-refractivity contribution is 6.01. The predicted molar refractivity (Wildman–Crippen MR) is 80.7 cm³/mol. The number of nitrogens with zero attached hydrogens (tertiary/aromatic N) is 2. The number of rotatable bonds is 3. The Bertz CT molecular complexity index is 557. The Morgan fingerprint density at radius 3 is 2.41 bits per heavy atom. The summed E-state index contributed by atoms with van der Waals surface area (Å²) in [6.07, 6.45) is 1.63. The lowest BCUT2D eigenvalue weighted by atomic mass is 9.80. The second-order valence-electron chi connectivity index (χ2n) is 6.37. The molecule has 5 heteroatoms. The summed E-state index contributed by atoms with van der Waals surface area (Å²) in [7, 11) is 2.06. The summed E-state index contributed by atoms with van der Waals surface area (Å²) in [5.74, 6) is 0.110. The molecule has 2 amide bonds. The molecule has 3 rings (SSSR count). The van der Waals surface area contributed by atoms with Crippen LogP contribution in [-0.2, 0) is 9.59 Å². The van der Waals surface area contributed by atoms with Gasteiger partial charge in [0.15, 0.2) is 0 Å². The van der Waals surface area contributed by atoms with Crippen molar-refractivity contribution in [3.63, 3.8) is 0 Å². The Labute approximate surface area is 129 Å². The molecular formula is C17H21FN2O2. The van der Waals surface area contributed by atoms with Gasteiger partial charge in [0, 0.05) is 25.9 Å². The molecule has 0 bridgehead atoms. The quantitative estimate of drug-likeness (QED) is 0.802. The van der Waals surface area contributed by atoms with Crippen LogP contribution in [0.25, 0.3) is 0 Å². The largest absolute Gasteiger partial charge is 0.306 e. The van der Waals surface area contributed by atoms with Crippen LogP contribution in [0.5, 0.6) is 0 Å². The molecule has 0 spiro atoms. The molecule has 0 aliphatic carbocycles. The molecule has 2 aliphatic rings. The van der Waals surface area contributed by atoms with Gasteiger partial charge in [0.05, 0.1) is 0 Å². The average molecular weight is 304 g/mol. The molecule has 0 N–H and O–H groups in total. The lowest BCUT2D eigenvalue weighted by Gasteiger charge is -2.38. The normalized spacial score (nSPS) is 26.7. The summed E-state index contributed by atoms with van der Waals surface area (Å²) in [6, 6.07) is 6.62. The fourth-order valence-corrected chi connectivity index (χ4v) is 3.61. The van der Waals surface area contributed by atoms with Gasteiger partial charge in [-0.1, -0.05) is 12.1 Å². The van der Waals surface area contributed by atoms with E-state index in [0.717, 1.165) is 25.1 Å². The third-order valence-corrected chi connectivity index (χ3v) is 4.81. The lowest BCUT2D eigenvalue weighted by molar-refractivity contribution is -0.139. The van der Waals surface area contributed by atoms with Crippen LogP contribution < -0.4 is 0 Å². The third kappa shape index (κ3) is 3.04. The molecule has 0 saturated carbocycles. The van der Waals surface area contributed by atoms with Crippen molar-refractivity contribution >= 4 is 11.8 Å². The summed E-state index contributed by atoms with van der Waals surface area (Å²) >= 11 is 0. The summed E-state index contributed by atoms with van der Waals surface area (Å²) in [5.41, 5.74) is 1.10. The number of imide groups is 1. The van der Waals surface area contributed by atoms with E-state index in [9.17, 15) is 14.0 Å². The first-order valence-corrected chi connectivity index (χ1v) is 7.82. The first kappa shape index (κ1) is 15.2. The zero-order valence-corrected chi connectivity index (χ0v) is 12.8. The van der Waals surface area contributed by atoms with Gasteiger partial charge in [-0.05, 0) is 49.5 Å². The Morgan fingerprint density at radius 2 is 1.77 bits per heavy atom. The number of carbonyl (C=O) groups is 2. The van der Waals surface area contributed by atoms with Crippen LogP contribution >= 0.6 is 0 Å². The van der Waals surface area contributed by atoms with Crippen molar-refractivity contribution in [2.45, 2.75) is 25.2 Å². The highest BCUT2D eigenvalue weighted by Crippen LogP contribution is 2.34. The van der Waals surface area contributed by atoms with Gasteiger partial charge in [0.25, 0.3) is 0 Å². The SMILES string of the molecule is CN1CC[C@H](c2ccc(F)cc2)[C@@H](CN2C(=O)CCC2=O)C1. The maximum Gasteiger partial charge on any atom is 0.229 e. The van der Waals surface area contributed by atoms with Gasteiger partial charge in [-0.25, -0.2) is 4.39 Å². The molecule has 0 radical (unpaired) electrons. The molecule has 2 atom stereocenters. The molecule has 0 unspecified atom stereocenters. The zero-order chi connectivity index (χ0) is 15.7. The fourth-order valence-electron chi connectivity index (χ4n) is 3.61. The summed E-state index contributed by atoms with van der Waals surface area (Å²) in [4.78, 5) is 27.4. The number of carbonyl (C=O) groups excluding carboxylic acids is 2. The van der Waals surface area contributed by atoms with E-state index in [1.54, 1.807) is 0 Å². The lowest BCUT2D eigenvalue weighted by Crippen LogP contribution is -2.44. The van der Waals surface area contributed by atoms with E-state index in [1.165, 1.54) is 17.0 Å². The smallest absolute Gasteiger partial charge is 0.229 e. The second-order valence-corrected chi connectivity index (χ2v) is 6.37. The first-order valence-electron chi connectivity index (χ1n) is 7.82. The van der Waals surface area contributed by atoms with E-state index in [0.29, 0.717) is 19.4 Å². The molecule has 1 aromatic carbocycles. The number of halogens is 1. The van der Waals surface area contributed by atoms with Crippen molar-refractivity contribution < 1.29 is 14.0 Å².